The van der Waals surface area contributed by atoms with Crippen LogP contribution in [0.3, 0.4) is 0 Å². The Bertz CT molecular complexity index is 436. The molecule has 5 nitrogen and oxygen atoms in total. The van der Waals surface area contributed by atoms with E-state index < -0.39 is 5.97 Å². The van der Waals surface area contributed by atoms with Crippen LogP contribution in [0, 0.1) is 0 Å². The molecule has 0 aromatic heterocycles. The van der Waals surface area contributed by atoms with Crippen molar-refractivity contribution in [1.29, 1.82) is 0 Å². The number of para-hydroxylation sites is 1. The summed E-state index contributed by atoms with van der Waals surface area (Å²) in [4.78, 5) is 21.9. The molecular weight excluding hydrogens is 224 g/mol. The Morgan fingerprint density at radius 1 is 1.24 bits per heavy atom. The molecule has 0 aliphatic rings. The van der Waals surface area contributed by atoms with Gasteiger partial charge in [0.15, 0.2) is 0 Å². The van der Waals surface area contributed by atoms with E-state index >= 15 is 0 Å². The highest BCUT2D eigenvalue weighted by Gasteiger charge is 2.17. The van der Waals surface area contributed by atoms with Crippen molar-refractivity contribution in [2.45, 2.75) is 0 Å². The average molecular weight is 236 g/mol. The highest BCUT2D eigenvalue weighted by Crippen LogP contribution is 2.26. The van der Waals surface area contributed by atoms with Crippen molar-refractivity contribution in [3.63, 3.8) is 0 Å². The van der Waals surface area contributed by atoms with Gasteiger partial charge in [0, 0.05) is 5.56 Å². The highest BCUT2D eigenvalue weighted by molar-refractivity contribution is 6.17. The fourth-order valence-electron chi connectivity index (χ4n) is 1.29. The van der Waals surface area contributed by atoms with Gasteiger partial charge in [-0.3, -0.25) is 4.79 Å². The smallest absolute Gasteiger partial charge is 0.341 e. The fraction of sp³-hybridized carbons (Fsp3) is 0.167. The first kappa shape index (κ1) is 12.8. The average Bonchev–Trinajstić information content (AvgIpc) is 2.36. The molecule has 90 valence electrons. The number of carbonyl (C=O) groups is 2. The van der Waals surface area contributed by atoms with Gasteiger partial charge in [-0.15, -0.1) is 0 Å². The second kappa shape index (κ2) is 6.32. The molecule has 1 aromatic carbocycles. The molecule has 0 N–H and O–H groups in total. The van der Waals surface area contributed by atoms with Gasteiger partial charge in [-0.2, -0.15) is 0 Å². The highest BCUT2D eigenvalue weighted by atomic mass is 16.5. The zero-order valence-electron chi connectivity index (χ0n) is 9.51. The molecule has 0 unspecified atom stereocenters. The van der Waals surface area contributed by atoms with Crippen LogP contribution in [0.2, 0.25) is 0 Å². The van der Waals surface area contributed by atoms with E-state index in [0.29, 0.717) is 12.0 Å². The molecule has 17 heavy (non-hydrogen) atoms. The van der Waals surface area contributed by atoms with Crippen LogP contribution in [0.5, 0.6) is 5.75 Å². The molecule has 5 heteroatoms. The molecule has 0 saturated heterocycles. The Labute approximate surface area is 98.6 Å². The van der Waals surface area contributed by atoms with Gasteiger partial charge in [0.1, 0.15) is 11.3 Å². The Hall–Kier alpha value is -2.30. The topological polar surface area (TPSA) is 61.8 Å². The molecule has 0 bridgehead atoms. The van der Waals surface area contributed by atoms with Crippen LogP contribution in [0.4, 0.5) is 0 Å². The van der Waals surface area contributed by atoms with Crippen molar-refractivity contribution in [2.24, 2.45) is 0 Å². The van der Waals surface area contributed by atoms with Gasteiger partial charge in [-0.1, -0.05) is 18.2 Å². The molecule has 0 spiro atoms. The minimum atomic E-state index is -0.575. The monoisotopic (exact) mass is 236 g/mol. The van der Waals surface area contributed by atoms with Gasteiger partial charge < -0.3 is 14.2 Å². The normalized spacial score (nSPS) is 10.6. The molecule has 0 atom stereocenters. The van der Waals surface area contributed by atoms with Gasteiger partial charge in [-0.05, 0) is 6.07 Å². The molecular formula is C12H12O5. The number of rotatable bonds is 5. The molecule has 0 saturated carbocycles. The van der Waals surface area contributed by atoms with Crippen LogP contribution in [-0.4, -0.2) is 26.7 Å². The summed E-state index contributed by atoms with van der Waals surface area (Å²) >= 11 is 0. The van der Waals surface area contributed by atoms with Crippen molar-refractivity contribution in [3.05, 3.63) is 36.1 Å². The second-order valence-electron chi connectivity index (χ2n) is 2.97. The predicted octanol–water partition coefficient (Wildman–Crippen LogP) is 1.38. The lowest BCUT2D eigenvalue weighted by Crippen LogP contribution is -2.06. The summed E-state index contributed by atoms with van der Waals surface area (Å²) in [6, 6.07) is 6.58. The summed E-state index contributed by atoms with van der Waals surface area (Å²) in [5.41, 5.74) is 0.598. The summed E-state index contributed by atoms with van der Waals surface area (Å²) in [6.07, 6.45) is 1.23. The molecule has 1 rings (SSSR count). The van der Waals surface area contributed by atoms with Gasteiger partial charge in [0.05, 0.1) is 20.5 Å². The summed E-state index contributed by atoms with van der Waals surface area (Å²) in [7, 11) is 2.67. The van der Waals surface area contributed by atoms with Gasteiger partial charge in [0.2, 0.25) is 0 Å². The van der Waals surface area contributed by atoms with E-state index in [1.54, 1.807) is 24.3 Å². The minimum Gasteiger partial charge on any atom is -0.503 e. The summed E-state index contributed by atoms with van der Waals surface area (Å²) in [5, 5.41) is 0. The predicted molar refractivity (Wildman–Crippen MR) is 60.1 cm³/mol. The summed E-state index contributed by atoms with van der Waals surface area (Å²) in [6.45, 7) is 0.292. The standard InChI is InChI=1S/C12H12O5/c1-15-7-10(12(14)16-2)9-5-3-4-6-11(9)17-8-13/h3-8H,1-2H3/b10-7+. The lowest BCUT2D eigenvalue weighted by Gasteiger charge is -2.09. The van der Waals surface area contributed by atoms with Crippen LogP contribution < -0.4 is 4.74 Å². The first-order valence-corrected chi connectivity index (χ1v) is 4.75. The molecule has 0 heterocycles. The van der Waals surface area contributed by atoms with Crippen molar-refractivity contribution in [2.75, 3.05) is 14.2 Å². The van der Waals surface area contributed by atoms with Crippen molar-refractivity contribution in [3.8, 4) is 5.75 Å². The number of benzene rings is 1. The van der Waals surface area contributed by atoms with E-state index in [1.165, 1.54) is 20.5 Å². The van der Waals surface area contributed by atoms with E-state index in [4.69, 9.17) is 9.47 Å². The minimum absolute atomic E-state index is 0.174. The Morgan fingerprint density at radius 2 is 1.94 bits per heavy atom. The largest absolute Gasteiger partial charge is 0.503 e. The maximum atomic E-state index is 11.5. The quantitative estimate of drug-likeness (QED) is 0.334. The SMILES string of the molecule is CO/C=C(/C(=O)OC)c1ccccc1OC=O. The third kappa shape index (κ3) is 3.07. The van der Waals surface area contributed by atoms with E-state index in [1.807, 2.05) is 0 Å². The van der Waals surface area contributed by atoms with E-state index in [9.17, 15) is 9.59 Å². The lowest BCUT2D eigenvalue weighted by molar-refractivity contribution is -0.133. The lowest BCUT2D eigenvalue weighted by atomic mass is 10.1. The van der Waals surface area contributed by atoms with Crippen molar-refractivity contribution < 1.29 is 23.8 Å². The molecule has 0 radical (unpaired) electrons. The Morgan fingerprint density at radius 3 is 2.53 bits per heavy atom. The first-order valence-electron chi connectivity index (χ1n) is 4.75. The zero-order valence-corrected chi connectivity index (χ0v) is 9.51. The number of esters is 1. The van der Waals surface area contributed by atoms with E-state index in [-0.39, 0.29) is 11.3 Å². The summed E-state index contributed by atoms with van der Waals surface area (Å²) in [5.74, 6) is -0.315. The third-order valence-corrected chi connectivity index (χ3v) is 1.99. The number of hydrogen-bond acceptors (Lipinski definition) is 5. The summed E-state index contributed by atoms with van der Waals surface area (Å²) < 4.78 is 14.2. The number of ether oxygens (including phenoxy) is 3. The Kier molecular flexibility index (Phi) is 4.75. The second-order valence-corrected chi connectivity index (χ2v) is 2.97. The van der Waals surface area contributed by atoms with Gasteiger partial charge in [0.25, 0.3) is 6.47 Å². The van der Waals surface area contributed by atoms with Crippen molar-refractivity contribution >= 4 is 18.0 Å². The molecule has 0 fully saturated rings. The number of methoxy groups -OCH3 is 2. The maximum Gasteiger partial charge on any atom is 0.341 e. The molecule has 1 aromatic rings. The first-order chi connectivity index (χ1) is 8.24. The molecule has 0 aliphatic heterocycles. The molecule has 0 amide bonds. The van der Waals surface area contributed by atoms with E-state index in [0.717, 1.165) is 0 Å². The molecule has 0 aliphatic carbocycles. The van der Waals surface area contributed by atoms with Crippen LogP contribution in [0.1, 0.15) is 5.56 Å². The van der Waals surface area contributed by atoms with E-state index in [2.05, 4.69) is 4.74 Å². The van der Waals surface area contributed by atoms with Crippen LogP contribution >= 0.6 is 0 Å². The van der Waals surface area contributed by atoms with Crippen LogP contribution in [-0.2, 0) is 19.1 Å². The van der Waals surface area contributed by atoms with Crippen molar-refractivity contribution in [1.82, 2.24) is 0 Å². The maximum absolute atomic E-state index is 11.5. The number of carbonyl (C=O) groups excluding carboxylic acids is 2. The van der Waals surface area contributed by atoms with Crippen LogP contribution in [0.25, 0.3) is 5.57 Å². The van der Waals surface area contributed by atoms with Gasteiger partial charge >= 0.3 is 5.97 Å². The van der Waals surface area contributed by atoms with Gasteiger partial charge in [-0.25, -0.2) is 4.79 Å². The third-order valence-electron chi connectivity index (χ3n) is 1.99. The fourth-order valence-corrected chi connectivity index (χ4v) is 1.29. The Balaban J connectivity index is 3.23. The zero-order chi connectivity index (χ0) is 12.7. The van der Waals surface area contributed by atoms with Crippen LogP contribution in [0.15, 0.2) is 30.5 Å². The number of hydrogen-bond donors (Lipinski definition) is 0.